The Morgan fingerprint density at radius 1 is 1.12 bits per heavy atom. The standard InChI is InChI=1S/C19H16N4O2/c1-14(12-17-9-8-16-4-2-3-5-19(16)21-17)22-20-13-15-6-10-18(11-7-15)23(24)25/h2-11,13H,12H2,1H3. The molecule has 0 unspecified atom stereocenters. The van der Waals surface area contributed by atoms with Crippen LogP contribution in [0.15, 0.2) is 70.9 Å². The number of aromatic nitrogens is 1. The van der Waals surface area contributed by atoms with E-state index in [0.29, 0.717) is 6.42 Å². The van der Waals surface area contributed by atoms with E-state index in [0.717, 1.165) is 27.9 Å². The molecule has 6 nitrogen and oxygen atoms in total. The molecule has 0 spiro atoms. The zero-order valence-corrected chi connectivity index (χ0v) is 13.7. The molecule has 0 aliphatic carbocycles. The molecule has 124 valence electrons. The Kier molecular flexibility index (Phi) is 4.89. The number of benzene rings is 2. The topological polar surface area (TPSA) is 80.8 Å². The van der Waals surface area contributed by atoms with E-state index < -0.39 is 4.92 Å². The van der Waals surface area contributed by atoms with Crippen LogP contribution in [-0.4, -0.2) is 21.8 Å². The lowest BCUT2D eigenvalue weighted by Crippen LogP contribution is -1.99. The van der Waals surface area contributed by atoms with Crippen LogP contribution in [0.5, 0.6) is 0 Å². The second kappa shape index (κ2) is 7.44. The summed E-state index contributed by atoms with van der Waals surface area (Å²) in [5.74, 6) is 0. The van der Waals surface area contributed by atoms with E-state index in [1.807, 2.05) is 43.3 Å². The molecule has 0 bridgehead atoms. The molecule has 0 saturated carbocycles. The molecule has 6 heteroatoms. The van der Waals surface area contributed by atoms with Gasteiger partial charge in [0.05, 0.1) is 16.7 Å². The van der Waals surface area contributed by atoms with Crippen LogP contribution in [-0.2, 0) is 6.42 Å². The molecule has 0 amide bonds. The summed E-state index contributed by atoms with van der Waals surface area (Å²) >= 11 is 0. The zero-order valence-electron chi connectivity index (χ0n) is 13.7. The average Bonchev–Trinajstić information content (AvgIpc) is 2.62. The first-order chi connectivity index (χ1) is 12.1. The minimum atomic E-state index is -0.431. The van der Waals surface area contributed by atoms with E-state index in [9.17, 15) is 10.1 Å². The lowest BCUT2D eigenvalue weighted by Gasteiger charge is -2.02. The van der Waals surface area contributed by atoms with Crippen LogP contribution in [0, 0.1) is 10.1 Å². The summed E-state index contributed by atoms with van der Waals surface area (Å²) in [5.41, 5.74) is 3.54. The summed E-state index contributed by atoms with van der Waals surface area (Å²) < 4.78 is 0. The van der Waals surface area contributed by atoms with Gasteiger partial charge in [-0.2, -0.15) is 10.2 Å². The summed E-state index contributed by atoms with van der Waals surface area (Å²) in [6.07, 6.45) is 2.18. The highest BCUT2D eigenvalue weighted by Crippen LogP contribution is 2.13. The molecule has 0 fully saturated rings. The largest absolute Gasteiger partial charge is 0.269 e. The highest BCUT2D eigenvalue weighted by molar-refractivity contribution is 5.86. The van der Waals surface area contributed by atoms with Gasteiger partial charge in [-0.05, 0) is 36.8 Å². The van der Waals surface area contributed by atoms with Crippen molar-refractivity contribution in [3.8, 4) is 0 Å². The van der Waals surface area contributed by atoms with Crippen LogP contribution in [0.1, 0.15) is 18.2 Å². The molecular weight excluding hydrogens is 316 g/mol. The van der Waals surface area contributed by atoms with Crippen molar-refractivity contribution in [3.05, 3.63) is 82.0 Å². The third-order valence-corrected chi connectivity index (χ3v) is 3.63. The van der Waals surface area contributed by atoms with Crippen molar-refractivity contribution in [1.82, 2.24) is 4.98 Å². The van der Waals surface area contributed by atoms with E-state index in [-0.39, 0.29) is 5.69 Å². The smallest absolute Gasteiger partial charge is 0.258 e. The van der Waals surface area contributed by atoms with Crippen molar-refractivity contribution in [2.24, 2.45) is 10.2 Å². The molecule has 0 radical (unpaired) electrons. The summed E-state index contributed by atoms with van der Waals surface area (Å²) in [6, 6.07) is 18.2. The maximum absolute atomic E-state index is 10.6. The molecule has 0 aliphatic rings. The molecular formula is C19H16N4O2. The fourth-order valence-corrected chi connectivity index (χ4v) is 2.38. The Labute approximate surface area is 144 Å². The van der Waals surface area contributed by atoms with Gasteiger partial charge in [-0.1, -0.05) is 24.3 Å². The highest BCUT2D eigenvalue weighted by atomic mass is 16.6. The number of nitro benzene ring substituents is 1. The third kappa shape index (κ3) is 4.32. The number of hydrogen-bond donors (Lipinski definition) is 0. The Hall–Kier alpha value is -3.41. The number of rotatable bonds is 5. The van der Waals surface area contributed by atoms with Gasteiger partial charge in [-0.3, -0.25) is 15.1 Å². The molecule has 2 aromatic carbocycles. The van der Waals surface area contributed by atoms with Gasteiger partial charge >= 0.3 is 0 Å². The van der Waals surface area contributed by atoms with Crippen molar-refractivity contribution < 1.29 is 4.92 Å². The van der Waals surface area contributed by atoms with Gasteiger partial charge in [0, 0.05) is 35.3 Å². The fourth-order valence-electron chi connectivity index (χ4n) is 2.38. The minimum Gasteiger partial charge on any atom is -0.258 e. The monoisotopic (exact) mass is 332 g/mol. The van der Waals surface area contributed by atoms with Crippen molar-refractivity contribution in [2.45, 2.75) is 13.3 Å². The molecule has 0 N–H and O–H groups in total. The predicted octanol–water partition coefficient (Wildman–Crippen LogP) is 4.18. The van der Waals surface area contributed by atoms with E-state index in [2.05, 4.69) is 15.2 Å². The molecule has 0 aliphatic heterocycles. The second-order valence-corrected chi connectivity index (χ2v) is 5.60. The number of nitro groups is 1. The van der Waals surface area contributed by atoms with Gasteiger partial charge in [-0.15, -0.1) is 0 Å². The van der Waals surface area contributed by atoms with Crippen LogP contribution in [0.25, 0.3) is 10.9 Å². The van der Waals surface area contributed by atoms with Crippen molar-refractivity contribution in [1.29, 1.82) is 0 Å². The minimum absolute atomic E-state index is 0.0548. The van der Waals surface area contributed by atoms with Crippen molar-refractivity contribution >= 4 is 28.5 Å². The zero-order chi connectivity index (χ0) is 17.6. The van der Waals surface area contributed by atoms with Gasteiger partial charge in [0.1, 0.15) is 0 Å². The molecule has 3 aromatic rings. The maximum atomic E-state index is 10.6. The van der Waals surface area contributed by atoms with Gasteiger partial charge in [0.2, 0.25) is 0 Å². The first-order valence-corrected chi connectivity index (χ1v) is 7.77. The van der Waals surface area contributed by atoms with Gasteiger partial charge in [0.15, 0.2) is 0 Å². The molecule has 3 rings (SSSR count). The maximum Gasteiger partial charge on any atom is 0.269 e. The van der Waals surface area contributed by atoms with Crippen LogP contribution in [0.4, 0.5) is 5.69 Å². The number of non-ortho nitro benzene ring substituents is 1. The number of pyridine rings is 1. The fraction of sp³-hybridized carbons (Fsp3) is 0.105. The summed E-state index contributed by atoms with van der Waals surface area (Å²) in [6.45, 7) is 1.89. The van der Waals surface area contributed by atoms with Crippen molar-refractivity contribution in [3.63, 3.8) is 0 Å². The van der Waals surface area contributed by atoms with Crippen LogP contribution in [0.2, 0.25) is 0 Å². The number of para-hydroxylation sites is 1. The highest BCUT2D eigenvalue weighted by Gasteiger charge is 2.03. The average molecular weight is 332 g/mol. The number of nitrogens with zero attached hydrogens (tertiary/aromatic N) is 4. The Balaban J connectivity index is 1.67. The first-order valence-electron chi connectivity index (χ1n) is 7.77. The van der Waals surface area contributed by atoms with E-state index in [1.165, 1.54) is 12.1 Å². The molecule has 25 heavy (non-hydrogen) atoms. The van der Waals surface area contributed by atoms with Gasteiger partial charge in [0.25, 0.3) is 5.69 Å². The summed E-state index contributed by atoms with van der Waals surface area (Å²) in [7, 11) is 0. The van der Waals surface area contributed by atoms with E-state index in [1.54, 1.807) is 18.3 Å². The Bertz CT molecular complexity index is 963. The van der Waals surface area contributed by atoms with Crippen LogP contribution < -0.4 is 0 Å². The summed E-state index contributed by atoms with van der Waals surface area (Å²) in [5, 5.41) is 19.9. The van der Waals surface area contributed by atoms with Crippen molar-refractivity contribution in [2.75, 3.05) is 0 Å². The first kappa shape index (κ1) is 16.4. The lowest BCUT2D eigenvalue weighted by atomic mass is 10.1. The van der Waals surface area contributed by atoms with Gasteiger partial charge < -0.3 is 0 Å². The van der Waals surface area contributed by atoms with E-state index in [4.69, 9.17) is 0 Å². The second-order valence-electron chi connectivity index (χ2n) is 5.60. The molecule has 0 atom stereocenters. The van der Waals surface area contributed by atoms with Crippen LogP contribution in [0.3, 0.4) is 0 Å². The lowest BCUT2D eigenvalue weighted by molar-refractivity contribution is -0.384. The number of hydrogen-bond acceptors (Lipinski definition) is 5. The van der Waals surface area contributed by atoms with E-state index >= 15 is 0 Å². The Morgan fingerprint density at radius 2 is 1.88 bits per heavy atom. The Morgan fingerprint density at radius 3 is 2.64 bits per heavy atom. The quantitative estimate of drug-likeness (QED) is 0.399. The predicted molar refractivity (Wildman–Crippen MR) is 99.2 cm³/mol. The molecule has 1 aromatic heterocycles. The molecule has 0 saturated heterocycles. The third-order valence-electron chi connectivity index (χ3n) is 3.63. The SMILES string of the molecule is CC(Cc1ccc2ccccc2n1)=NN=Cc1ccc([N+](=O)[O-])cc1. The number of fused-ring (bicyclic) bond motifs is 1. The normalized spacial score (nSPS) is 12.0. The van der Waals surface area contributed by atoms with Crippen LogP contribution >= 0.6 is 0 Å². The van der Waals surface area contributed by atoms with Gasteiger partial charge in [-0.25, -0.2) is 0 Å². The summed E-state index contributed by atoms with van der Waals surface area (Å²) in [4.78, 5) is 14.8. The molecule has 1 heterocycles.